The van der Waals surface area contributed by atoms with E-state index in [1.807, 2.05) is 72.8 Å². The molecule has 4 aromatic rings. The molecule has 0 heterocycles. The maximum absolute atomic E-state index is 12.3. The molecule has 3 heteroatoms. The molecule has 0 spiro atoms. The van der Waals surface area contributed by atoms with E-state index in [4.69, 9.17) is 0 Å². The van der Waals surface area contributed by atoms with Crippen molar-refractivity contribution in [3.05, 3.63) is 142 Å². The van der Waals surface area contributed by atoms with E-state index in [2.05, 4.69) is 29.4 Å². The highest BCUT2D eigenvalue weighted by Gasteiger charge is 2.20. The molecule has 0 radical (unpaired) electrons. The molecule has 1 N–H and O–H groups in total. The zero-order valence-corrected chi connectivity index (χ0v) is 18.4. The lowest BCUT2D eigenvalue weighted by Crippen LogP contribution is -2.05. The topological polar surface area (TPSA) is 49.7 Å². The van der Waals surface area contributed by atoms with Crippen molar-refractivity contribution in [2.75, 3.05) is 0 Å². The Labute approximate surface area is 194 Å². The fraction of sp³-hybridized carbons (Fsp3) is 0.133. The molecular weight excluding hydrogens is 406 g/mol. The van der Waals surface area contributed by atoms with Gasteiger partial charge in [-0.1, -0.05) is 102 Å². The van der Waals surface area contributed by atoms with Crippen LogP contribution in [0.1, 0.15) is 49.3 Å². The van der Waals surface area contributed by atoms with Gasteiger partial charge in [0.05, 0.1) is 0 Å². The molecular formula is C30H25NO2. The van der Waals surface area contributed by atoms with Gasteiger partial charge in [-0.2, -0.15) is 0 Å². The van der Waals surface area contributed by atoms with Crippen LogP contribution in [0.4, 0.5) is 0 Å². The summed E-state index contributed by atoms with van der Waals surface area (Å²) in [4.78, 5) is 12.3. The van der Waals surface area contributed by atoms with Crippen molar-refractivity contribution in [3.63, 3.8) is 0 Å². The summed E-state index contributed by atoms with van der Waals surface area (Å²) in [5.74, 6) is 0.170. The largest absolute Gasteiger partial charge is 0.410 e. The first-order valence-corrected chi connectivity index (χ1v) is 11.4. The fourth-order valence-corrected chi connectivity index (χ4v) is 4.79. The predicted molar refractivity (Wildman–Crippen MR) is 131 cm³/mol. The van der Waals surface area contributed by atoms with Gasteiger partial charge in [-0.25, -0.2) is 0 Å². The van der Waals surface area contributed by atoms with Crippen LogP contribution in [-0.2, 0) is 25.7 Å². The van der Waals surface area contributed by atoms with Crippen molar-refractivity contribution in [1.82, 2.24) is 0 Å². The van der Waals surface area contributed by atoms with Crippen molar-refractivity contribution in [2.24, 2.45) is 5.16 Å². The number of rotatable bonds is 0. The van der Waals surface area contributed by atoms with Gasteiger partial charge in [0.25, 0.3) is 0 Å². The van der Waals surface area contributed by atoms with E-state index in [1.165, 1.54) is 22.3 Å². The molecule has 0 bridgehead atoms. The van der Waals surface area contributed by atoms with Crippen molar-refractivity contribution in [3.8, 4) is 0 Å². The summed E-state index contributed by atoms with van der Waals surface area (Å²) < 4.78 is 0. The molecule has 2 aliphatic rings. The van der Waals surface area contributed by atoms with Gasteiger partial charge < -0.3 is 5.21 Å². The number of oxime groups is 1. The van der Waals surface area contributed by atoms with Crippen LogP contribution >= 0.6 is 0 Å². The van der Waals surface area contributed by atoms with E-state index >= 15 is 0 Å². The van der Waals surface area contributed by atoms with Crippen LogP contribution in [0, 0.1) is 0 Å². The number of ketones is 1. The van der Waals surface area contributed by atoms with Crippen molar-refractivity contribution in [1.29, 1.82) is 0 Å². The Morgan fingerprint density at radius 1 is 0.485 bits per heavy atom. The van der Waals surface area contributed by atoms with Crippen LogP contribution < -0.4 is 0 Å². The first-order valence-electron chi connectivity index (χ1n) is 11.4. The Morgan fingerprint density at radius 2 is 0.788 bits per heavy atom. The van der Waals surface area contributed by atoms with Crippen LogP contribution in [0.5, 0.6) is 0 Å². The van der Waals surface area contributed by atoms with E-state index in [-0.39, 0.29) is 5.78 Å². The van der Waals surface area contributed by atoms with Gasteiger partial charge in [-0.3, -0.25) is 4.79 Å². The molecule has 33 heavy (non-hydrogen) atoms. The summed E-state index contributed by atoms with van der Waals surface area (Å²) in [7, 11) is 0. The second-order valence-electron chi connectivity index (χ2n) is 8.41. The Balaban J connectivity index is 0.000000139. The quantitative estimate of drug-likeness (QED) is 0.273. The highest BCUT2D eigenvalue weighted by Crippen LogP contribution is 2.25. The SMILES string of the molecule is O=C1c2ccccc2CCc2ccccc21.ON=C1c2ccccc2CCc2ccccc21. The second kappa shape index (κ2) is 9.25. The van der Waals surface area contributed by atoms with Gasteiger partial charge in [-0.05, 0) is 47.9 Å². The summed E-state index contributed by atoms with van der Waals surface area (Å²) in [6, 6.07) is 32.1. The monoisotopic (exact) mass is 431 g/mol. The molecule has 4 aromatic carbocycles. The lowest BCUT2D eigenvalue weighted by atomic mass is 9.98. The van der Waals surface area contributed by atoms with E-state index in [1.54, 1.807) is 0 Å². The van der Waals surface area contributed by atoms with Gasteiger partial charge >= 0.3 is 0 Å². The van der Waals surface area contributed by atoms with Gasteiger partial charge in [0.2, 0.25) is 0 Å². The average Bonchev–Trinajstić information content (AvgIpc) is 3.13. The molecule has 0 fully saturated rings. The zero-order valence-electron chi connectivity index (χ0n) is 18.4. The molecule has 3 nitrogen and oxygen atoms in total. The number of fused-ring (bicyclic) bond motifs is 4. The summed E-state index contributed by atoms with van der Waals surface area (Å²) in [5.41, 5.74) is 9.34. The van der Waals surface area contributed by atoms with E-state index in [0.717, 1.165) is 47.9 Å². The van der Waals surface area contributed by atoms with Gasteiger partial charge in [0, 0.05) is 22.3 Å². The minimum atomic E-state index is 0.170. The third-order valence-electron chi connectivity index (χ3n) is 6.50. The summed E-state index contributed by atoms with van der Waals surface area (Å²) in [6.07, 6.45) is 3.90. The van der Waals surface area contributed by atoms with Gasteiger partial charge in [0.15, 0.2) is 5.78 Å². The number of carbonyl (C=O) groups is 1. The molecule has 0 unspecified atom stereocenters. The first-order chi connectivity index (χ1) is 16.3. The van der Waals surface area contributed by atoms with E-state index < -0.39 is 0 Å². The average molecular weight is 432 g/mol. The Hall–Kier alpha value is -3.98. The molecule has 0 amide bonds. The lowest BCUT2D eigenvalue weighted by Gasteiger charge is -2.07. The smallest absolute Gasteiger partial charge is 0.193 e. The molecule has 0 saturated carbocycles. The molecule has 0 saturated heterocycles. The molecule has 0 aromatic heterocycles. The molecule has 2 aliphatic carbocycles. The highest BCUT2D eigenvalue weighted by atomic mass is 16.4. The van der Waals surface area contributed by atoms with E-state index in [9.17, 15) is 10.0 Å². The highest BCUT2D eigenvalue weighted by molar-refractivity contribution is 6.14. The van der Waals surface area contributed by atoms with Crippen LogP contribution in [0.25, 0.3) is 0 Å². The normalized spacial score (nSPS) is 13.7. The number of hydrogen-bond donors (Lipinski definition) is 1. The maximum Gasteiger partial charge on any atom is 0.193 e. The minimum Gasteiger partial charge on any atom is -0.410 e. The molecule has 6 rings (SSSR count). The molecule has 0 aliphatic heterocycles. The van der Waals surface area contributed by atoms with Crippen LogP contribution in [0.15, 0.2) is 102 Å². The summed E-state index contributed by atoms with van der Waals surface area (Å²) >= 11 is 0. The zero-order chi connectivity index (χ0) is 22.6. The predicted octanol–water partition coefficient (Wildman–Crippen LogP) is 6.03. The number of benzene rings is 4. The minimum absolute atomic E-state index is 0.170. The van der Waals surface area contributed by atoms with Crippen molar-refractivity contribution >= 4 is 11.5 Å². The van der Waals surface area contributed by atoms with Crippen molar-refractivity contribution in [2.45, 2.75) is 25.7 Å². The van der Waals surface area contributed by atoms with Gasteiger partial charge in [-0.15, -0.1) is 0 Å². The summed E-state index contributed by atoms with van der Waals surface area (Å²) in [6.45, 7) is 0. The standard InChI is InChI=1S/C15H13NO.C15H12O/c17-16-15-13-7-3-1-5-11(13)9-10-12-6-2-4-8-14(12)15;16-15-13-7-3-1-5-11(13)9-10-12-6-2-4-8-14(12)15/h1-8,17H,9-10H2;1-8H,9-10H2. The number of aryl methyl sites for hydroxylation is 4. The Kier molecular flexibility index (Phi) is 5.86. The number of nitrogens with zero attached hydrogens (tertiary/aromatic N) is 1. The van der Waals surface area contributed by atoms with Crippen LogP contribution in [0.3, 0.4) is 0 Å². The summed E-state index contributed by atoms with van der Waals surface area (Å²) in [5, 5.41) is 12.8. The second-order valence-corrected chi connectivity index (χ2v) is 8.41. The number of carbonyl (C=O) groups excluding carboxylic acids is 1. The van der Waals surface area contributed by atoms with Crippen LogP contribution in [-0.4, -0.2) is 16.7 Å². The van der Waals surface area contributed by atoms with E-state index in [0.29, 0.717) is 5.71 Å². The lowest BCUT2D eigenvalue weighted by molar-refractivity contribution is 0.103. The number of hydrogen-bond acceptors (Lipinski definition) is 3. The van der Waals surface area contributed by atoms with Crippen LogP contribution in [0.2, 0.25) is 0 Å². The molecule has 162 valence electrons. The van der Waals surface area contributed by atoms with Crippen molar-refractivity contribution < 1.29 is 10.0 Å². The third kappa shape index (κ3) is 4.10. The first kappa shape index (κ1) is 20.9. The maximum atomic E-state index is 12.3. The van der Waals surface area contributed by atoms with Gasteiger partial charge in [0.1, 0.15) is 5.71 Å². The Bertz CT molecular complexity index is 1250. The fourth-order valence-electron chi connectivity index (χ4n) is 4.79. The molecule has 0 atom stereocenters. The third-order valence-corrected chi connectivity index (χ3v) is 6.50. The Morgan fingerprint density at radius 3 is 1.15 bits per heavy atom.